The van der Waals surface area contributed by atoms with Gasteiger partial charge in [-0.25, -0.2) is 0 Å². The number of hydrogen-bond donors (Lipinski definition) is 2. The number of rotatable bonds is 8. The van der Waals surface area contributed by atoms with Gasteiger partial charge in [-0.2, -0.15) is 0 Å². The summed E-state index contributed by atoms with van der Waals surface area (Å²) in [6.45, 7) is 2.34. The van der Waals surface area contributed by atoms with Gasteiger partial charge in [-0.1, -0.05) is 50.5 Å². The largest absolute Gasteiger partial charge is 0.396 e. The van der Waals surface area contributed by atoms with Crippen LogP contribution >= 0.6 is 0 Å². The van der Waals surface area contributed by atoms with Gasteiger partial charge in [-0.05, 0) is 30.4 Å². The summed E-state index contributed by atoms with van der Waals surface area (Å²) < 4.78 is 0. The maximum atomic E-state index is 9.96. The maximum absolute atomic E-state index is 9.96. The van der Waals surface area contributed by atoms with Crippen LogP contribution in [-0.2, 0) is 12.8 Å². The number of unbranched alkanes of at least 4 members (excludes halogenated alkanes) is 2. The van der Waals surface area contributed by atoms with E-state index in [9.17, 15) is 5.11 Å². The minimum absolute atomic E-state index is 0.170. The summed E-state index contributed by atoms with van der Waals surface area (Å²) in [5.74, 6) is 0. The first-order valence-electron chi connectivity index (χ1n) is 6.63. The molecule has 1 atom stereocenters. The van der Waals surface area contributed by atoms with E-state index in [1.807, 2.05) is 24.3 Å². The minimum Gasteiger partial charge on any atom is -0.396 e. The topological polar surface area (TPSA) is 40.5 Å². The second kappa shape index (κ2) is 8.26. The van der Waals surface area contributed by atoms with Crippen molar-refractivity contribution in [2.75, 3.05) is 6.61 Å². The maximum Gasteiger partial charge on any atom is 0.0580 e. The monoisotopic (exact) mass is 236 g/mol. The summed E-state index contributed by atoms with van der Waals surface area (Å²) in [7, 11) is 0. The van der Waals surface area contributed by atoms with Crippen LogP contribution < -0.4 is 0 Å². The molecule has 0 saturated carbocycles. The molecule has 1 rings (SSSR count). The van der Waals surface area contributed by atoms with Crippen LogP contribution in [0.2, 0.25) is 0 Å². The molecule has 17 heavy (non-hydrogen) atoms. The fourth-order valence-corrected chi connectivity index (χ4v) is 2.11. The zero-order valence-electron chi connectivity index (χ0n) is 10.7. The Hall–Kier alpha value is -0.860. The van der Waals surface area contributed by atoms with Crippen molar-refractivity contribution in [3.8, 4) is 0 Å². The minimum atomic E-state index is -0.249. The van der Waals surface area contributed by atoms with E-state index in [2.05, 4.69) is 6.92 Å². The van der Waals surface area contributed by atoms with Gasteiger partial charge in [0.2, 0.25) is 0 Å². The van der Waals surface area contributed by atoms with Crippen molar-refractivity contribution < 1.29 is 10.2 Å². The lowest BCUT2D eigenvalue weighted by atomic mass is 9.97. The van der Waals surface area contributed by atoms with Crippen molar-refractivity contribution in [3.63, 3.8) is 0 Å². The summed E-state index contributed by atoms with van der Waals surface area (Å²) in [6.07, 6.45) is 5.49. The van der Waals surface area contributed by atoms with Crippen molar-refractivity contribution >= 4 is 0 Å². The predicted octanol–water partition coefficient (Wildman–Crippen LogP) is 2.71. The number of aliphatic hydroxyl groups excluding tert-OH is 2. The Morgan fingerprint density at radius 2 is 1.82 bits per heavy atom. The number of aliphatic hydroxyl groups is 2. The summed E-state index contributed by atoms with van der Waals surface area (Å²) in [5.41, 5.74) is 2.33. The highest BCUT2D eigenvalue weighted by molar-refractivity contribution is 5.27. The van der Waals surface area contributed by atoms with E-state index in [1.165, 1.54) is 18.4 Å². The molecule has 0 saturated heterocycles. The van der Waals surface area contributed by atoms with E-state index in [1.54, 1.807) is 0 Å². The van der Waals surface area contributed by atoms with Gasteiger partial charge in [0.15, 0.2) is 0 Å². The molecule has 0 spiro atoms. The lowest BCUT2D eigenvalue weighted by molar-refractivity contribution is 0.160. The third kappa shape index (κ3) is 5.33. The average Bonchev–Trinajstić information content (AvgIpc) is 2.32. The Morgan fingerprint density at radius 3 is 2.47 bits per heavy atom. The summed E-state index contributed by atoms with van der Waals surface area (Å²) >= 11 is 0. The highest BCUT2D eigenvalue weighted by Gasteiger charge is 2.08. The van der Waals surface area contributed by atoms with Gasteiger partial charge in [0.05, 0.1) is 6.10 Å². The first-order chi connectivity index (χ1) is 8.27. The lowest BCUT2D eigenvalue weighted by Gasteiger charge is -2.13. The Balaban J connectivity index is 2.48. The Kier molecular flexibility index (Phi) is 6.90. The predicted molar refractivity (Wildman–Crippen MR) is 71.1 cm³/mol. The molecule has 1 unspecified atom stereocenters. The van der Waals surface area contributed by atoms with Gasteiger partial charge in [0.25, 0.3) is 0 Å². The lowest BCUT2D eigenvalue weighted by Crippen LogP contribution is -2.12. The molecular weight excluding hydrogens is 212 g/mol. The van der Waals surface area contributed by atoms with E-state index in [-0.39, 0.29) is 12.7 Å². The molecule has 1 aromatic rings. The average molecular weight is 236 g/mol. The molecule has 0 heterocycles. The van der Waals surface area contributed by atoms with Crippen LogP contribution in [0.3, 0.4) is 0 Å². The molecule has 96 valence electrons. The van der Waals surface area contributed by atoms with Gasteiger partial charge in [0, 0.05) is 6.61 Å². The Morgan fingerprint density at radius 1 is 1.12 bits per heavy atom. The van der Waals surface area contributed by atoms with E-state index in [4.69, 9.17) is 5.11 Å². The molecule has 0 fully saturated rings. The highest BCUT2D eigenvalue weighted by Crippen LogP contribution is 2.14. The molecule has 2 N–H and O–H groups in total. The SMILES string of the molecule is CCCCCC(O)Cc1ccccc1CCO. The van der Waals surface area contributed by atoms with E-state index < -0.39 is 0 Å². The third-order valence-corrected chi connectivity index (χ3v) is 3.10. The quantitative estimate of drug-likeness (QED) is 0.681. The van der Waals surface area contributed by atoms with Crippen LogP contribution in [0.5, 0.6) is 0 Å². The first kappa shape index (κ1) is 14.2. The van der Waals surface area contributed by atoms with E-state index in [0.717, 1.165) is 18.4 Å². The Labute approximate surface area is 104 Å². The van der Waals surface area contributed by atoms with Crippen molar-refractivity contribution in [1.82, 2.24) is 0 Å². The Bertz CT molecular complexity index is 310. The molecule has 0 amide bonds. The zero-order chi connectivity index (χ0) is 12.5. The molecule has 0 aliphatic rings. The van der Waals surface area contributed by atoms with Gasteiger partial charge in [-0.3, -0.25) is 0 Å². The molecular formula is C15H24O2. The second-order valence-electron chi connectivity index (χ2n) is 4.60. The zero-order valence-corrected chi connectivity index (χ0v) is 10.7. The van der Waals surface area contributed by atoms with Crippen LogP contribution in [0.4, 0.5) is 0 Å². The van der Waals surface area contributed by atoms with Gasteiger partial charge < -0.3 is 10.2 Å². The van der Waals surface area contributed by atoms with E-state index >= 15 is 0 Å². The molecule has 0 aromatic heterocycles. The molecule has 2 nitrogen and oxygen atoms in total. The van der Waals surface area contributed by atoms with Crippen LogP contribution in [0.25, 0.3) is 0 Å². The molecule has 0 aliphatic heterocycles. The van der Waals surface area contributed by atoms with Crippen LogP contribution in [0.1, 0.15) is 43.7 Å². The van der Waals surface area contributed by atoms with Crippen molar-refractivity contribution in [2.24, 2.45) is 0 Å². The molecule has 0 aliphatic carbocycles. The van der Waals surface area contributed by atoms with Gasteiger partial charge in [0.1, 0.15) is 0 Å². The third-order valence-electron chi connectivity index (χ3n) is 3.10. The van der Waals surface area contributed by atoms with Gasteiger partial charge in [-0.15, -0.1) is 0 Å². The van der Waals surface area contributed by atoms with Crippen LogP contribution in [0.15, 0.2) is 24.3 Å². The standard InChI is InChI=1S/C15H24O2/c1-2-3-4-9-15(17)12-14-8-6-5-7-13(14)10-11-16/h5-8,15-17H,2-4,9-12H2,1H3. The summed E-state index contributed by atoms with van der Waals surface area (Å²) in [6, 6.07) is 8.06. The van der Waals surface area contributed by atoms with E-state index in [0.29, 0.717) is 12.8 Å². The molecule has 0 bridgehead atoms. The fourth-order valence-electron chi connectivity index (χ4n) is 2.11. The highest BCUT2D eigenvalue weighted by atomic mass is 16.3. The molecule has 1 aromatic carbocycles. The molecule has 0 radical (unpaired) electrons. The molecule has 2 heteroatoms. The first-order valence-corrected chi connectivity index (χ1v) is 6.63. The van der Waals surface area contributed by atoms with Crippen LogP contribution in [0, 0.1) is 0 Å². The van der Waals surface area contributed by atoms with Crippen molar-refractivity contribution in [2.45, 2.75) is 51.6 Å². The smallest absolute Gasteiger partial charge is 0.0580 e. The normalized spacial score (nSPS) is 12.6. The second-order valence-corrected chi connectivity index (χ2v) is 4.60. The number of benzene rings is 1. The summed E-state index contributed by atoms with van der Waals surface area (Å²) in [5, 5.41) is 18.9. The van der Waals surface area contributed by atoms with Crippen molar-refractivity contribution in [1.29, 1.82) is 0 Å². The van der Waals surface area contributed by atoms with Gasteiger partial charge >= 0.3 is 0 Å². The summed E-state index contributed by atoms with van der Waals surface area (Å²) in [4.78, 5) is 0. The van der Waals surface area contributed by atoms with Crippen LogP contribution in [-0.4, -0.2) is 22.9 Å². The van der Waals surface area contributed by atoms with Crippen molar-refractivity contribution in [3.05, 3.63) is 35.4 Å². The fraction of sp³-hybridized carbons (Fsp3) is 0.600. The number of hydrogen-bond acceptors (Lipinski definition) is 2.